The summed E-state index contributed by atoms with van der Waals surface area (Å²) in [6.07, 6.45) is 6.75. The van der Waals surface area contributed by atoms with Gasteiger partial charge >= 0.3 is 0 Å². The third-order valence-corrected chi connectivity index (χ3v) is 7.52. The molecule has 8 heteroatoms. The Morgan fingerprint density at radius 3 is 2.12 bits per heavy atom. The summed E-state index contributed by atoms with van der Waals surface area (Å²) in [5.74, 6) is 0.165. The van der Waals surface area contributed by atoms with E-state index < -0.39 is 0 Å². The highest BCUT2D eigenvalue weighted by Crippen LogP contribution is 2.36. The molecule has 0 atom stereocenters. The van der Waals surface area contributed by atoms with Crippen LogP contribution in [0, 0.1) is 0 Å². The summed E-state index contributed by atoms with van der Waals surface area (Å²) in [7, 11) is 0. The zero-order chi connectivity index (χ0) is 23.8. The second kappa shape index (κ2) is 12.0. The average molecular weight is 484 g/mol. The lowest BCUT2D eigenvalue weighted by Crippen LogP contribution is -2.38. The molecule has 2 aliphatic heterocycles. The Hall–Kier alpha value is -2.87. The molecule has 3 amide bonds. The number of carbonyl (C=O) groups is 3. The first-order valence-corrected chi connectivity index (χ1v) is 13.1. The van der Waals surface area contributed by atoms with E-state index in [9.17, 15) is 14.4 Å². The fourth-order valence-corrected chi connectivity index (χ4v) is 5.45. The first-order chi connectivity index (χ1) is 16.6. The van der Waals surface area contributed by atoms with Crippen molar-refractivity contribution >= 4 is 29.1 Å². The summed E-state index contributed by atoms with van der Waals surface area (Å²) in [6.45, 7) is 3.33. The van der Waals surface area contributed by atoms with Crippen molar-refractivity contribution in [1.29, 1.82) is 0 Å². The minimum Gasteiger partial charge on any atom is -0.482 e. The fraction of sp³-hybridized carbons (Fsp3) is 0.500. The number of carbonyl (C=O) groups excluding carboxylic acids is 3. The number of hydrogen-bond acceptors (Lipinski definition) is 5. The molecule has 4 rings (SSSR count). The van der Waals surface area contributed by atoms with Crippen LogP contribution in [0.3, 0.4) is 0 Å². The second-order valence-electron chi connectivity index (χ2n) is 8.85. The molecule has 3 heterocycles. The van der Waals surface area contributed by atoms with Crippen LogP contribution in [0.25, 0.3) is 10.4 Å². The van der Waals surface area contributed by atoms with Gasteiger partial charge in [0.1, 0.15) is 10.6 Å². The van der Waals surface area contributed by atoms with Gasteiger partial charge in [-0.2, -0.15) is 0 Å². The molecule has 0 spiro atoms. The second-order valence-corrected chi connectivity index (χ2v) is 9.90. The van der Waals surface area contributed by atoms with Crippen LogP contribution in [-0.4, -0.2) is 66.9 Å². The van der Waals surface area contributed by atoms with Gasteiger partial charge < -0.3 is 19.9 Å². The molecule has 2 aromatic rings. The molecule has 34 heavy (non-hydrogen) atoms. The van der Waals surface area contributed by atoms with Crippen molar-refractivity contribution in [3.05, 3.63) is 41.3 Å². The molecular weight excluding hydrogens is 450 g/mol. The molecule has 0 aliphatic carbocycles. The van der Waals surface area contributed by atoms with Gasteiger partial charge in [0.2, 0.25) is 5.91 Å². The lowest BCUT2D eigenvalue weighted by molar-refractivity contribution is -0.134. The number of amides is 3. The van der Waals surface area contributed by atoms with Gasteiger partial charge in [-0.25, -0.2) is 0 Å². The highest BCUT2D eigenvalue weighted by atomic mass is 32.1. The Bertz CT molecular complexity index is 979. The zero-order valence-corrected chi connectivity index (χ0v) is 20.4. The fourth-order valence-electron chi connectivity index (χ4n) is 4.42. The maximum Gasteiger partial charge on any atom is 0.265 e. The summed E-state index contributed by atoms with van der Waals surface area (Å²) < 4.78 is 5.88. The van der Waals surface area contributed by atoms with Crippen LogP contribution in [0.2, 0.25) is 0 Å². The van der Waals surface area contributed by atoms with E-state index in [4.69, 9.17) is 4.74 Å². The smallest absolute Gasteiger partial charge is 0.265 e. The number of nitrogens with zero attached hydrogens (tertiary/aromatic N) is 2. The number of piperidine rings is 2. The largest absolute Gasteiger partial charge is 0.482 e. The van der Waals surface area contributed by atoms with Gasteiger partial charge in [0.05, 0.1) is 0 Å². The van der Waals surface area contributed by atoms with Crippen molar-refractivity contribution in [2.45, 2.75) is 44.9 Å². The van der Waals surface area contributed by atoms with Crippen LogP contribution >= 0.6 is 11.3 Å². The standard InChI is InChI=1S/C26H33N3O4S/c30-23(28-14-6-2-7-15-28)12-13-27-26(32)25-21(18-22(34-25)20-10-4-1-5-11-20)33-19-24(31)29-16-8-3-9-17-29/h1,4-5,10-11,18H,2-3,6-9,12-17,19H2,(H,27,32). The van der Waals surface area contributed by atoms with E-state index in [0.29, 0.717) is 10.6 Å². The molecule has 1 aromatic carbocycles. The first kappa shape index (κ1) is 24.3. The maximum atomic E-state index is 13.0. The van der Waals surface area contributed by atoms with Crippen molar-refractivity contribution in [2.24, 2.45) is 0 Å². The van der Waals surface area contributed by atoms with E-state index in [1.165, 1.54) is 17.8 Å². The number of rotatable bonds is 8. The van der Waals surface area contributed by atoms with E-state index in [1.54, 1.807) is 0 Å². The lowest BCUT2D eigenvalue weighted by atomic mass is 10.1. The summed E-state index contributed by atoms with van der Waals surface area (Å²) in [5, 5.41) is 2.87. The molecule has 2 saturated heterocycles. The Balaban J connectivity index is 1.40. The van der Waals surface area contributed by atoms with Crippen molar-refractivity contribution in [3.8, 4) is 16.2 Å². The van der Waals surface area contributed by atoms with Crippen molar-refractivity contribution in [3.63, 3.8) is 0 Å². The quantitative estimate of drug-likeness (QED) is 0.617. The average Bonchev–Trinajstić information content (AvgIpc) is 3.33. The molecule has 2 aliphatic rings. The maximum absolute atomic E-state index is 13.0. The predicted octanol–water partition coefficient (Wildman–Crippen LogP) is 3.94. The molecule has 0 bridgehead atoms. The van der Waals surface area contributed by atoms with Crippen LogP contribution in [0.4, 0.5) is 0 Å². The van der Waals surface area contributed by atoms with E-state index in [0.717, 1.165) is 68.7 Å². The van der Waals surface area contributed by atoms with Crippen LogP contribution in [-0.2, 0) is 9.59 Å². The first-order valence-electron chi connectivity index (χ1n) is 12.3. The van der Waals surface area contributed by atoms with Crippen LogP contribution < -0.4 is 10.1 Å². The summed E-state index contributed by atoms with van der Waals surface area (Å²) in [4.78, 5) is 43.1. The van der Waals surface area contributed by atoms with Crippen LogP contribution in [0.15, 0.2) is 36.4 Å². The Morgan fingerprint density at radius 1 is 0.853 bits per heavy atom. The van der Waals surface area contributed by atoms with Gasteiger partial charge in [0, 0.05) is 44.0 Å². The summed E-state index contributed by atoms with van der Waals surface area (Å²) in [6, 6.07) is 11.6. The molecule has 7 nitrogen and oxygen atoms in total. The van der Waals surface area contributed by atoms with Gasteiger partial charge in [-0.3, -0.25) is 14.4 Å². The van der Waals surface area contributed by atoms with Crippen molar-refractivity contribution in [1.82, 2.24) is 15.1 Å². The number of hydrogen-bond donors (Lipinski definition) is 1. The van der Waals surface area contributed by atoms with Gasteiger partial charge in [0.15, 0.2) is 6.61 Å². The lowest BCUT2D eigenvalue weighted by Gasteiger charge is -2.26. The molecule has 0 radical (unpaired) electrons. The Kier molecular flexibility index (Phi) is 8.57. The SMILES string of the molecule is O=C(NCCC(=O)N1CCCCC1)c1sc(-c2ccccc2)cc1OCC(=O)N1CCCCC1. The third kappa shape index (κ3) is 6.38. The normalized spacial score (nSPS) is 16.2. The third-order valence-electron chi connectivity index (χ3n) is 6.36. The molecule has 1 N–H and O–H groups in total. The monoisotopic (exact) mass is 483 g/mol. The molecule has 0 saturated carbocycles. The number of ether oxygens (including phenoxy) is 1. The van der Waals surface area contributed by atoms with Gasteiger partial charge in [0.25, 0.3) is 11.8 Å². The van der Waals surface area contributed by atoms with Crippen molar-refractivity contribution in [2.75, 3.05) is 39.3 Å². The highest BCUT2D eigenvalue weighted by molar-refractivity contribution is 7.17. The minimum atomic E-state index is -0.279. The van der Waals surface area contributed by atoms with Crippen LogP contribution in [0.5, 0.6) is 5.75 Å². The molecule has 182 valence electrons. The van der Waals surface area contributed by atoms with E-state index in [-0.39, 0.29) is 37.3 Å². The summed E-state index contributed by atoms with van der Waals surface area (Å²) in [5.41, 5.74) is 0.985. The van der Waals surface area contributed by atoms with Crippen molar-refractivity contribution < 1.29 is 19.1 Å². The zero-order valence-electron chi connectivity index (χ0n) is 19.6. The number of thiophene rings is 1. The van der Waals surface area contributed by atoms with E-state index >= 15 is 0 Å². The van der Waals surface area contributed by atoms with Gasteiger partial charge in [-0.15, -0.1) is 11.3 Å². The highest BCUT2D eigenvalue weighted by Gasteiger charge is 2.22. The molecule has 1 aromatic heterocycles. The number of likely N-dealkylation sites (tertiary alicyclic amines) is 2. The molecular formula is C26H33N3O4S. The molecule has 0 unspecified atom stereocenters. The topological polar surface area (TPSA) is 79.0 Å². The van der Waals surface area contributed by atoms with E-state index in [1.807, 2.05) is 46.2 Å². The number of nitrogens with one attached hydrogen (secondary N) is 1. The number of benzene rings is 1. The van der Waals surface area contributed by atoms with Gasteiger partial charge in [-0.1, -0.05) is 30.3 Å². The predicted molar refractivity (Wildman–Crippen MR) is 133 cm³/mol. The minimum absolute atomic E-state index is 0.0503. The van der Waals surface area contributed by atoms with Gasteiger partial charge in [-0.05, 0) is 50.2 Å². The van der Waals surface area contributed by atoms with E-state index in [2.05, 4.69) is 5.32 Å². The summed E-state index contributed by atoms with van der Waals surface area (Å²) >= 11 is 1.34. The Morgan fingerprint density at radius 2 is 1.47 bits per heavy atom. The molecule has 2 fully saturated rings. The van der Waals surface area contributed by atoms with Crippen LogP contribution in [0.1, 0.15) is 54.6 Å². The Labute approximate surface area is 205 Å².